The fraction of sp³-hybridized carbons (Fsp3) is 0.0625. The highest BCUT2D eigenvalue weighted by Crippen LogP contribution is 2.13. The van der Waals surface area contributed by atoms with Crippen LogP contribution in [-0.4, -0.2) is 14.3 Å². The predicted molar refractivity (Wildman–Crippen MR) is 86.7 cm³/mol. The van der Waals surface area contributed by atoms with Gasteiger partial charge in [0.25, 0.3) is 0 Å². The Bertz CT molecular complexity index is 810. The summed E-state index contributed by atoms with van der Waals surface area (Å²) >= 11 is 0. The summed E-state index contributed by atoms with van der Waals surface area (Å²) in [4.78, 5) is 11.8. The zero-order valence-corrected chi connectivity index (χ0v) is 12.8. The van der Waals surface area contributed by atoms with E-state index in [-0.39, 0.29) is 10.8 Å². The van der Waals surface area contributed by atoms with Crippen LogP contribution in [0.5, 0.6) is 0 Å². The molecule has 0 fully saturated rings. The van der Waals surface area contributed by atoms with Crippen molar-refractivity contribution in [3.8, 4) is 0 Å². The highest BCUT2D eigenvalue weighted by molar-refractivity contribution is 7.89. The number of benzene rings is 2. The van der Waals surface area contributed by atoms with Gasteiger partial charge in [-0.2, -0.15) is 0 Å². The zero-order valence-electron chi connectivity index (χ0n) is 12.0. The normalized spacial score (nSPS) is 11.5. The number of amides is 1. The maximum absolute atomic E-state index is 11.8. The third kappa shape index (κ3) is 4.54. The average molecular weight is 316 g/mol. The quantitative estimate of drug-likeness (QED) is 0.848. The molecule has 2 aromatic carbocycles. The third-order valence-electron chi connectivity index (χ3n) is 2.92. The molecule has 0 unspecified atom stereocenters. The summed E-state index contributed by atoms with van der Waals surface area (Å²) in [6.45, 7) is 1.98. The fourth-order valence-electron chi connectivity index (χ4n) is 1.86. The number of carbonyl (C=O) groups excluding carboxylic acids is 1. The summed E-state index contributed by atoms with van der Waals surface area (Å²) in [5, 5.41) is 7.65. The van der Waals surface area contributed by atoms with Crippen LogP contribution < -0.4 is 10.5 Å². The Labute approximate surface area is 129 Å². The van der Waals surface area contributed by atoms with E-state index in [4.69, 9.17) is 5.14 Å². The molecule has 0 heterocycles. The van der Waals surface area contributed by atoms with Gasteiger partial charge in [-0.05, 0) is 42.8 Å². The minimum Gasteiger partial charge on any atom is -0.323 e. The standard InChI is InChI=1S/C16H16N2O3S/c1-12-3-2-4-13(11-12)5-10-16(19)18-14-6-8-15(9-7-14)22(17,20)21/h2-11H,1H3,(H,18,19)(H2,17,20,21)/b10-5+. The SMILES string of the molecule is Cc1cccc(/C=C/C(=O)Nc2ccc(S(N)(=O)=O)cc2)c1. The van der Waals surface area contributed by atoms with E-state index in [2.05, 4.69) is 5.32 Å². The molecule has 0 spiro atoms. The van der Waals surface area contributed by atoms with E-state index in [1.54, 1.807) is 6.08 Å². The number of aryl methyl sites for hydroxylation is 1. The van der Waals surface area contributed by atoms with Crippen molar-refractivity contribution >= 4 is 27.7 Å². The van der Waals surface area contributed by atoms with Gasteiger partial charge >= 0.3 is 0 Å². The van der Waals surface area contributed by atoms with Crippen LogP contribution in [0.3, 0.4) is 0 Å². The Morgan fingerprint density at radius 3 is 2.41 bits per heavy atom. The molecule has 6 heteroatoms. The van der Waals surface area contributed by atoms with E-state index in [9.17, 15) is 13.2 Å². The van der Waals surface area contributed by atoms with Gasteiger partial charge in [0.2, 0.25) is 15.9 Å². The molecule has 0 aliphatic rings. The Balaban J connectivity index is 2.03. The molecule has 0 aromatic heterocycles. The van der Waals surface area contributed by atoms with Crippen molar-refractivity contribution in [3.05, 3.63) is 65.7 Å². The lowest BCUT2D eigenvalue weighted by Gasteiger charge is -2.03. The van der Waals surface area contributed by atoms with Crippen molar-refractivity contribution in [3.63, 3.8) is 0 Å². The molecule has 0 bridgehead atoms. The second kappa shape index (κ2) is 6.55. The van der Waals surface area contributed by atoms with Gasteiger partial charge < -0.3 is 5.32 Å². The number of anilines is 1. The van der Waals surface area contributed by atoms with E-state index in [1.807, 2.05) is 31.2 Å². The highest BCUT2D eigenvalue weighted by Gasteiger charge is 2.07. The van der Waals surface area contributed by atoms with Crippen molar-refractivity contribution in [2.45, 2.75) is 11.8 Å². The Morgan fingerprint density at radius 2 is 1.82 bits per heavy atom. The third-order valence-corrected chi connectivity index (χ3v) is 3.85. The van der Waals surface area contributed by atoms with Crippen LogP contribution >= 0.6 is 0 Å². The summed E-state index contributed by atoms with van der Waals surface area (Å²) in [5.74, 6) is -0.301. The van der Waals surface area contributed by atoms with Crippen LogP contribution in [0.4, 0.5) is 5.69 Å². The smallest absolute Gasteiger partial charge is 0.248 e. The van der Waals surface area contributed by atoms with E-state index in [0.717, 1.165) is 11.1 Å². The van der Waals surface area contributed by atoms with Crippen molar-refractivity contribution < 1.29 is 13.2 Å². The van der Waals surface area contributed by atoms with Crippen molar-refractivity contribution in [2.24, 2.45) is 5.14 Å². The van der Waals surface area contributed by atoms with Crippen molar-refractivity contribution in [1.82, 2.24) is 0 Å². The van der Waals surface area contributed by atoms with Crippen LogP contribution in [0.1, 0.15) is 11.1 Å². The first-order valence-corrected chi connectivity index (χ1v) is 8.08. The topological polar surface area (TPSA) is 89.3 Å². The molecule has 0 atom stereocenters. The summed E-state index contributed by atoms with van der Waals surface area (Å²) in [6.07, 6.45) is 3.13. The maximum Gasteiger partial charge on any atom is 0.248 e. The lowest BCUT2D eigenvalue weighted by molar-refractivity contribution is -0.111. The molecule has 3 N–H and O–H groups in total. The van der Waals surface area contributed by atoms with Crippen LogP contribution in [0, 0.1) is 6.92 Å². The molecular formula is C16H16N2O3S. The second-order valence-electron chi connectivity index (χ2n) is 4.81. The average Bonchev–Trinajstić information content (AvgIpc) is 2.45. The predicted octanol–water partition coefficient (Wildman–Crippen LogP) is 2.29. The lowest BCUT2D eigenvalue weighted by atomic mass is 10.1. The monoisotopic (exact) mass is 316 g/mol. The first-order chi connectivity index (χ1) is 10.3. The molecule has 0 saturated heterocycles. The number of carbonyl (C=O) groups is 1. The van der Waals surface area contributed by atoms with Crippen molar-refractivity contribution in [1.29, 1.82) is 0 Å². The van der Waals surface area contributed by atoms with Gasteiger partial charge in [0.15, 0.2) is 0 Å². The van der Waals surface area contributed by atoms with Crippen LogP contribution in [-0.2, 0) is 14.8 Å². The van der Waals surface area contributed by atoms with Gasteiger partial charge in [-0.25, -0.2) is 13.6 Å². The summed E-state index contributed by atoms with van der Waals surface area (Å²) in [6, 6.07) is 13.4. The molecule has 5 nitrogen and oxygen atoms in total. The number of rotatable bonds is 4. The molecule has 2 rings (SSSR count). The summed E-state index contributed by atoms with van der Waals surface area (Å²) in [5.41, 5.74) is 2.53. The summed E-state index contributed by atoms with van der Waals surface area (Å²) < 4.78 is 22.3. The second-order valence-corrected chi connectivity index (χ2v) is 6.37. The Hall–Kier alpha value is -2.44. The van der Waals surface area contributed by atoms with E-state index in [0.29, 0.717) is 5.69 Å². The molecule has 0 aliphatic heterocycles. The number of nitrogens with two attached hydrogens (primary N) is 1. The van der Waals surface area contributed by atoms with Gasteiger partial charge in [0.1, 0.15) is 0 Å². The minimum atomic E-state index is -3.73. The van der Waals surface area contributed by atoms with Crippen molar-refractivity contribution in [2.75, 3.05) is 5.32 Å². The van der Waals surface area contributed by atoms with Crippen LogP contribution in [0.2, 0.25) is 0 Å². The number of primary sulfonamides is 1. The van der Waals surface area contributed by atoms with Gasteiger partial charge in [-0.15, -0.1) is 0 Å². The molecule has 0 saturated carbocycles. The molecule has 2 aromatic rings. The van der Waals surface area contributed by atoms with Gasteiger partial charge in [0, 0.05) is 11.8 Å². The van der Waals surface area contributed by atoms with Gasteiger partial charge in [-0.1, -0.05) is 29.8 Å². The molecule has 1 amide bonds. The number of hydrogen-bond donors (Lipinski definition) is 2. The Morgan fingerprint density at radius 1 is 1.14 bits per heavy atom. The van der Waals surface area contributed by atoms with Gasteiger partial charge in [0.05, 0.1) is 4.90 Å². The zero-order chi connectivity index (χ0) is 16.2. The number of sulfonamides is 1. The van der Waals surface area contributed by atoms with Crippen LogP contribution in [0.25, 0.3) is 6.08 Å². The lowest BCUT2D eigenvalue weighted by Crippen LogP contribution is -2.12. The minimum absolute atomic E-state index is 0.000742. The van der Waals surface area contributed by atoms with E-state index in [1.165, 1.54) is 30.3 Å². The number of nitrogens with one attached hydrogen (secondary N) is 1. The molecular weight excluding hydrogens is 300 g/mol. The maximum atomic E-state index is 11.8. The van der Waals surface area contributed by atoms with E-state index < -0.39 is 10.0 Å². The molecule has 0 aliphatic carbocycles. The largest absolute Gasteiger partial charge is 0.323 e. The first-order valence-electron chi connectivity index (χ1n) is 6.53. The summed E-state index contributed by atoms with van der Waals surface area (Å²) in [7, 11) is -3.73. The molecule has 0 radical (unpaired) electrons. The van der Waals surface area contributed by atoms with Crippen LogP contribution in [0.15, 0.2) is 59.5 Å². The number of hydrogen-bond acceptors (Lipinski definition) is 3. The first kappa shape index (κ1) is 15.9. The van der Waals surface area contributed by atoms with Gasteiger partial charge in [-0.3, -0.25) is 4.79 Å². The fourth-order valence-corrected chi connectivity index (χ4v) is 2.37. The molecule has 114 valence electrons. The highest BCUT2D eigenvalue weighted by atomic mass is 32.2. The molecule has 22 heavy (non-hydrogen) atoms. The Kier molecular flexibility index (Phi) is 4.75. The van der Waals surface area contributed by atoms with E-state index >= 15 is 0 Å².